The molecule has 1 saturated carbocycles. The molecule has 2 atom stereocenters. The largest absolute Gasteiger partial charge is 0.385 e. The van der Waals surface area contributed by atoms with Crippen molar-refractivity contribution >= 4 is 11.6 Å². The second-order valence-electron chi connectivity index (χ2n) is 5.11. The first-order chi connectivity index (χ1) is 8.63. The van der Waals surface area contributed by atoms with E-state index in [-0.39, 0.29) is 5.91 Å². The van der Waals surface area contributed by atoms with Gasteiger partial charge >= 0.3 is 0 Å². The van der Waals surface area contributed by atoms with Gasteiger partial charge in [0.1, 0.15) is 0 Å². The number of nitrogens with one attached hydrogen (secondary N) is 1. The highest BCUT2D eigenvalue weighted by Crippen LogP contribution is 2.38. The molecule has 0 bridgehead atoms. The molecule has 1 fully saturated rings. The highest BCUT2D eigenvalue weighted by atomic mass is 16.2. The first kappa shape index (κ1) is 12.9. The van der Waals surface area contributed by atoms with E-state index in [1.807, 2.05) is 24.9 Å². The SMILES string of the molecule is CCNc1ccncc1C(=O)N(C)CC1CC1C. The van der Waals surface area contributed by atoms with E-state index in [0.717, 1.165) is 24.7 Å². The second-order valence-corrected chi connectivity index (χ2v) is 5.11. The minimum Gasteiger partial charge on any atom is -0.385 e. The molecule has 1 aromatic rings. The molecule has 1 aromatic heterocycles. The van der Waals surface area contributed by atoms with Crippen LogP contribution in [0.1, 0.15) is 30.6 Å². The summed E-state index contributed by atoms with van der Waals surface area (Å²) in [5.41, 5.74) is 1.53. The average Bonchev–Trinajstić information content (AvgIpc) is 3.05. The van der Waals surface area contributed by atoms with Crippen molar-refractivity contribution in [2.45, 2.75) is 20.3 Å². The predicted molar refractivity (Wildman–Crippen MR) is 72.6 cm³/mol. The number of hydrogen-bond donors (Lipinski definition) is 1. The maximum absolute atomic E-state index is 12.4. The molecular formula is C14H21N3O. The van der Waals surface area contributed by atoms with Crippen LogP contribution in [-0.2, 0) is 0 Å². The first-order valence-corrected chi connectivity index (χ1v) is 6.56. The van der Waals surface area contributed by atoms with Crippen LogP contribution >= 0.6 is 0 Å². The molecule has 1 heterocycles. The van der Waals surface area contributed by atoms with Crippen molar-refractivity contribution < 1.29 is 4.79 Å². The van der Waals surface area contributed by atoms with Crippen molar-refractivity contribution in [3.8, 4) is 0 Å². The van der Waals surface area contributed by atoms with Crippen LogP contribution in [0.15, 0.2) is 18.5 Å². The second kappa shape index (κ2) is 5.38. The number of carbonyl (C=O) groups is 1. The van der Waals surface area contributed by atoms with Gasteiger partial charge in [-0.05, 0) is 31.2 Å². The fraction of sp³-hybridized carbons (Fsp3) is 0.571. The van der Waals surface area contributed by atoms with Crippen molar-refractivity contribution in [3.05, 3.63) is 24.0 Å². The monoisotopic (exact) mass is 247 g/mol. The summed E-state index contributed by atoms with van der Waals surface area (Å²) in [4.78, 5) is 18.2. The van der Waals surface area contributed by atoms with E-state index in [9.17, 15) is 4.79 Å². The highest BCUT2D eigenvalue weighted by Gasteiger charge is 2.34. The Bertz CT molecular complexity index is 433. The molecular weight excluding hydrogens is 226 g/mol. The van der Waals surface area contributed by atoms with E-state index >= 15 is 0 Å². The number of pyridine rings is 1. The molecule has 4 heteroatoms. The molecule has 0 aromatic carbocycles. The van der Waals surface area contributed by atoms with Gasteiger partial charge in [-0.1, -0.05) is 6.92 Å². The summed E-state index contributed by atoms with van der Waals surface area (Å²) in [7, 11) is 1.87. The van der Waals surface area contributed by atoms with Gasteiger partial charge in [0.15, 0.2) is 0 Å². The highest BCUT2D eigenvalue weighted by molar-refractivity contribution is 5.99. The average molecular weight is 247 g/mol. The quantitative estimate of drug-likeness (QED) is 0.868. The van der Waals surface area contributed by atoms with Crippen LogP contribution in [0.2, 0.25) is 0 Å². The van der Waals surface area contributed by atoms with Crippen molar-refractivity contribution in [3.63, 3.8) is 0 Å². The standard InChI is InChI=1S/C14H21N3O/c1-4-16-13-5-6-15-8-12(13)14(18)17(3)9-11-7-10(11)2/h5-6,8,10-11H,4,7,9H2,1-3H3,(H,15,16). The van der Waals surface area contributed by atoms with E-state index in [1.54, 1.807) is 12.4 Å². The van der Waals surface area contributed by atoms with Gasteiger partial charge in [0.25, 0.3) is 5.91 Å². The normalized spacial score (nSPS) is 21.5. The Hall–Kier alpha value is -1.58. The fourth-order valence-corrected chi connectivity index (χ4v) is 2.20. The Labute approximate surface area is 108 Å². The van der Waals surface area contributed by atoms with Crippen LogP contribution in [-0.4, -0.2) is 35.9 Å². The zero-order chi connectivity index (χ0) is 13.1. The van der Waals surface area contributed by atoms with Crippen molar-refractivity contribution in [2.75, 3.05) is 25.5 Å². The van der Waals surface area contributed by atoms with Gasteiger partial charge < -0.3 is 10.2 Å². The lowest BCUT2D eigenvalue weighted by molar-refractivity contribution is 0.0787. The number of nitrogens with zero attached hydrogens (tertiary/aromatic N) is 2. The topological polar surface area (TPSA) is 45.2 Å². The van der Waals surface area contributed by atoms with Crippen LogP contribution in [0.25, 0.3) is 0 Å². The van der Waals surface area contributed by atoms with Gasteiger partial charge in [0.05, 0.1) is 11.3 Å². The van der Waals surface area contributed by atoms with Crippen molar-refractivity contribution in [2.24, 2.45) is 11.8 Å². The van der Waals surface area contributed by atoms with Crippen LogP contribution < -0.4 is 5.32 Å². The summed E-state index contributed by atoms with van der Waals surface area (Å²) in [6.07, 6.45) is 4.59. The fourth-order valence-electron chi connectivity index (χ4n) is 2.20. The molecule has 0 saturated heterocycles. The maximum atomic E-state index is 12.4. The third-order valence-corrected chi connectivity index (χ3v) is 3.55. The Morgan fingerprint density at radius 3 is 2.94 bits per heavy atom. The number of anilines is 1. The summed E-state index contributed by atoms with van der Waals surface area (Å²) in [5, 5.41) is 3.20. The summed E-state index contributed by atoms with van der Waals surface area (Å²) >= 11 is 0. The zero-order valence-corrected chi connectivity index (χ0v) is 11.3. The molecule has 0 radical (unpaired) electrons. The van der Waals surface area contributed by atoms with Crippen LogP contribution in [0.4, 0.5) is 5.69 Å². The zero-order valence-electron chi connectivity index (χ0n) is 11.3. The molecule has 1 aliphatic rings. The molecule has 98 valence electrons. The first-order valence-electron chi connectivity index (χ1n) is 6.56. The summed E-state index contributed by atoms with van der Waals surface area (Å²) in [6.45, 7) is 5.90. The minimum absolute atomic E-state index is 0.0538. The molecule has 1 N–H and O–H groups in total. The number of carbonyl (C=O) groups excluding carboxylic acids is 1. The Morgan fingerprint density at radius 2 is 2.33 bits per heavy atom. The van der Waals surface area contributed by atoms with Gasteiger partial charge in [-0.25, -0.2) is 0 Å². The molecule has 4 nitrogen and oxygen atoms in total. The van der Waals surface area contributed by atoms with Crippen LogP contribution in [0, 0.1) is 11.8 Å². The molecule has 1 amide bonds. The van der Waals surface area contributed by atoms with E-state index in [1.165, 1.54) is 6.42 Å². The number of hydrogen-bond acceptors (Lipinski definition) is 3. The molecule has 2 unspecified atom stereocenters. The molecule has 0 aliphatic heterocycles. The van der Waals surface area contributed by atoms with Gasteiger partial charge in [-0.2, -0.15) is 0 Å². The van der Waals surface area contributed by atoms with E-state index in [2.05, 4.69) is 17.2 Å². The summed E-state index contributed by atoms with van der Waals surface area (Å²) in [6, 6.07) is 1.85. The molecule has 18 heavy (non-hydrogen) atoms. The van der Waals surface area contributed by atoms with E-state index in [0.29, 0.717) is 11.5 Å². The number of aromatic nitrogens is 1. The maximum Gasteiger partial charge on any atom is 0.257 e. The molecule has 1 aliphatic carbocycles. The predicted octanol–water partition coefficient (Wildman–Crippen LogP) is 2.24. The van der Waals surface area contributed by atoms with Crippen molar-refractivity contribution in [1.82, 2.24) is 9.88 Å². The number of amides is 1. The lowest BCUT2D eigenvalue weighted by atomic mass is 10.2. The lowest BCUT2D eigenvalue weighted by Crippen LogP contribution is -2.29. The van der Waals surface area contributed by atoms with Gasteiger partial charge in [-0.15, -0.1) is 0 Å². The van der Waals surface area contributed by atoms with Crippen LogP contribution in [0.5, 0.6) is 0 Å². The molecule has 2 rings (SSSR count). The van der Waals surface area contributed by atoms with Crippen LogP contribution in [0.3, 0.4) is 0 Å². The Morgan fingerprint density at radius 1 is 1.61 bits per heavy atom. The summed E-state index contributed by atoms with van der Waals surface area (Å²) < 4.78 is 0. The van der Waals surface area contributed by atoms with Gasteiger partial charge in [-0.3, -0.25) is 9.78 Å². The lowest BCUT2D eigenvalue weighted by Gasteiger charge is -2.19. The molecule has 0 spiro atoms. The smallest absolute Gasteiger partial charge is 0.257 e. The van der Waals surface area contributed by atoms with Gasteiger partial charge in [0.2, 0.25) is 0 Å². The minimum atomic E-state index is 0.0538. The van der Waals surface area contributed by atoms with Crippen molar-refractivity contribution in [1.29, 1.82) is 0 Å². The third-order valence-electron chi connectivity index (χ3n) is 3.55. The Kier molecular flexibility index (Phi) is 3.84. The third kappa shape index (κ3) is 2.81. The van der Waals surface area contributed by atoms with E-state index in [4.69, 9.17) is 0 Å². The van der Waals surface area contributed by atoms with Gasteiger partial charge in [0, 0.05) is 32.5 Å². The number of rotatable bonds is 5. The Balaban J connectivity index is 2.07. The summed E-state index contributed by atoms with van der Waals surface area (Å²) in [5.74, 6) is 1.50. The van der Waals surface area contributed by atoms with E-state index < -0.39 is 0 Å².